The lowest BCUT2D eigenvalue weighted by Gasteiger charge is -2.27. The molecule has 0 bridgehead atoms. The van der Waals surface area contributed by atoms with E-state index in [1.165, 1.54) is 12.8 Å². The van der Waals surface area contributed by atoms with Crippen molar-refractivity contribution < 1.29 is 4.79 Å². The first-order valence-electron chi connectivity index (χ1n) is 5.24. The minimum atomic E-state index is 0.0882. The highest BCUT2D eigenvalue weighted by Crippen LogP contribution is 2.09. The standard InChI is InChI=1S/C10H20N2O/c1-3-8-12(2)10(13)9-6-4-5-7-11-9/h9,11H,3-8H2,1-2H3/t9-/m0/s1. The van der Waals surface area contributed by atoms with Crippen LogP contribution in [0.3, 0.4) is 0 Å². The summed E-state index contributed by atoms with van der Waals surface area (Å²) in [5.41, 5.74) is 0. The number of carbonyl (C=O) groups is 1. The average Bonchev–Trinajstić information content (AvgIpc) is 2.18. The third-order valence-corrected chi connectivity index (χ3v) is 2.54. The second kappa shape index (κ2) is 5.22. The Hall–Kier alpha value is -0.570. The smallest absolute Gasteiger partial charge is 0.239 e. The number of hydrogen-bond acceptors (Lipinski definition) is 2. The number of likely N-dealkylation sites (N-methyl/N-ethyl adjacent to an activating group) is 1. The van der Waals surface area contributed by atoms with Crippen molar-refractivity contribution in [3.05, 3.63) is 0 Å². The molecular formula is C10H20N2O. The molecular weight excluding hydrogens is 164 g/mol. The molecule has 3 heteroatoms. The molecule has 0 radical (unpaired) electrons. The van der Waals surface area contributed by atoms with Crippen molar-refractivity contribution in [3.8, 4) is 0 Å². The van der Waals surface area contributed by atoms with Gasteiger partial charge in [-0.05, 0) is 25.8 Å². The molecule has 76 valence electrons. The van der Waals surface area contributed by atoms with Gasteiger partial charge in [-0.1, -0.05) is 13.3 Å². The summed E-state index contributed by atoms with van der Waals surface area (Å²) in [7, 11) is 1.89. The molecule has 1 atom stereocenters. The molecule has 0 aromatic carbocycles. The number of amides is 1. The van der Waals surface area contributed by atoms with Crippen LogP contribution in [0.25, 0.3) is 0 Å². The van der Waals surface area contributed by atoms with Gasteiger partial charge in [0.1, 0.15) is 0 Å². The quantitative estimate of drug-likeness (QED) is 0.709. The van der Waals surface area contributed by atoms with Crippen LogP contribution in [0.4, 0.5) is 0 Å². The van der Waals surface area contributed by atoms with E-state index in [0.29, 0.717) is 0 Å². The van der Waals surface area contributed by atoms with E-state index in [0.717, 1.165) is 25.9 Å². The Morgan fingerprint density at radius 3 is 2.85 bits per heavy atom. The molecule has 0 aromatic heterocycles. The van der Waals surface area contributed by atoms with Gasteiger partial charge in [0.15, 0.2) is 0 Å². The predicted octanol–water partition coefficient (Wildman–Crippen LogP) is 0.997. The molecule has 1 saturated heterocycles. The fourth-order valence-corrected chi connectivity index (χ4v) is 1.77. The lowest BCUT2D eigenvalue weighted by Crippen LogP contribution is -2.47. The molecule has 1 amide bonds. The maximum atomic E-state index is 11.8. The average molecular weight is 184 g/mol. The van der Waals surface area contributed by atoms with Gasteiger partial charge >= 0.3 is 0 Å². The Kier molecular flexibility index (Phi) is 4.22. The fourth-order valence-electron chi connectivity index (χ4n) is 1.77. The number of hydrogen-bond donors (Lipinski definition) is 1. The highest BCUT2D eigenvalue weighted by atomic mass is 16.2. The molecule has 0 aromatic rings. The van der Waals surface area contributed by atoms with Crippen molar-refractivity contribution in [3.63, 3.8) is 0 Å². The van der Waals surface area contributed by atoms with Crippen LogP contribution < -0.4 is 5.32 Å². The third kappa shape index (κ3) is 2.99. The Morgan fingerprint density at radius 1 is 1.54 bits per heavy atom. The Morgan fingerprint density at radius 2 is 2.31 bits per heavy atom. The maximum Gasteiger partial charge on any atom is 0.239 e. The molecule has 3 nitrogen and oxygen atoms in total. The van der Waals surface area contributed by atoms with Crippen molar-refractivity contribution in [2.24, 2.45) is 0 Å². The van der Waals surface area contributed by atoms with E-state index in [1.54, 1.807) is 0 Å². The first kappa shape index (κ1) is 10.5. The first-order chi connectivity index (χ1) is 6.25. The summed E-state index contributed by atoms with van der Waals surface area (Å²) in [4.78, 5) is 13.6. The van der Waals surface area contributed by atoms with Gasteiger partial charge in [-0.25, -0.2) is 0 Å². The van der Waals surface area contributed by atoms with Gasteiger partial charge < -0.3 is 10.2 Å². The Labute approximate surface area is 80.5 Å². The van der Waals surface area contributed by atoms with Crippen molar-refractivity contribution in [2.75, 3.05) is 20.1 Å². The molecule has 0 unspecified atom stereocenters. The molecule has 13 heavy (non-hydrogen) atoms. The first-order valence-corrected chi connectivity index (χ1v) is 5.24. The van der Waals surface area contributed by atoms with Crippen LogP contribution >= 0.6 is 0 Å². The monoisotopic (exact) mass is 184 g/mol. The Balaban J connectivity index is 2.36. The van der Waals surface area contributed by atoms with Crippen LogP contribution in [0.1, 0.15) is 32.6 Å². The Bertz CT molecular complexity index is 164. The van der Waals surface area contributed by atoms with E-state index in [4.69, 9.17) is 0 Å². The summed E-state index contributed by atoms with van der Waals surface area (Å²) in [6.45, 7) is 3.96. The molecule has 1 N–H and O–H groups in total. The SMILES string of the molecule is CCCN(C)C(=O)[C@@H]1CCCCN1. The molecule has 1 heterocycles. The second-order valence-corrected chi connectivity index (χ2v) is 3.76. The maximum absolute atomic E-state index is 11.8. The number of carbonyl (C=O) groups excluding carboxylic acids is 1. The molecule has 1 rings (SSSR count). The molecule has 1 fully saturated rings. The molecule has 0 saturated carbocycles. The largest absolute Gasteiger partial charge is 0.344 e. The van der Waals surface area contributed by atoms with Gasteiger partial charge in [-0.15, -0.1) is 0 Å². The van der Waals surface area contributed by atoms with Crippen molar-refractivity contribution in [2.45, 2.75) is 38.6 Å². The molecule has 1 aliphatic rings. The number of piperidine rings is 1. The van der Waals surface area contributed by atoms with Gasteiger partial charge in [0.2, 0.25) is 5.91 Å². The van der Waals surface area contributed by atoms with Crippen molar-refractivity contribution in [1.29, 1.82) is 0 Å². The minimum absolute atomic E-state index is 0.0882. The normalized spacial score (nSPS) is 22.8. The van der Waals surface area contributed by atoms with Gasteiger partial charge in [-0.2, -0.15) is 0 Å². The predicted molar refractivity (Wildman–Crippen MR) is 53.6 cm³/mol. The lowest BCUT2D eigenvalue weighted by atomic mass is 10.0. The van der Waals surface area contributed by atoms with Crippen molar-refractivity contribution >= 4 is 5.91 Å². The fraction of sp³-hybridized carbons (Fsp3) is 0.900. The zero-order chi connectivity index (χ0) is 9.68. The van der Waals surface area contributed by atoms with Crippen LogP contribution in [0.15, 0.2) is 0 Å². The lowest BCUT2D eigenvalue weighted by molar-refractivity contribution is -0.132. The highest BCUT2D eigenvalue weighted by Gasteiger charge is 2.22. The second-order valence-electron chi connectivity index (χ2n) is 3.76. The third-order valence-electron chi connectivity index (χ3n) is 2.54. The van der Waals surface area contributed by atoms with Gasteiger partial charge in [0, 0.05) is 13.6 Å². The zero-order valence-corrected chi connectivity index (χ0v) is 8.68. The van der Waals surface area contributed by atoms with E-state index < -0.39 is 0 Å². The minimum Gasteiger partial charge on any atom is -0.344 e. The summed E-state index contributed by atoms with van der Waals surface area (Å²) in [5, 5.41) is 3.27. The van der Waals surface area contributed by atoms with E-state index in [9.17, 15) is 4.79 Å². The summed E-state index contributed by atoms with van der Waals surface area (Å²) in [6.07, 6.45) is 4.44. The van der Waals surface area contributed by atoms with Crippen molar-refractivity contribution in [1.82, 2.24) is 10.2 Å². The van der Waals surface area contributed by atoms with E-state index in [2.05, 4.69) is 12.2 Å². The van der Waals surface area contributed by atoms with E-state index in [-0.39, 0.29) is 11.9 Å². The summed E-state index contributed by atoms with van der Waals surface area (Å²) in [5.74, 6) is 0.265. The summed E-state index contributed by atoms with van der Waals surface area (Å²) >= 11 is 0. The van der Waals surface area contributed by atoms with Gasteiger partial charge in [0.05, 0.1) is 6.04 Å². The van der Waals surface area contributed by atoms with Gasteiger partial charge in [0.25, 0.3) is 0 Å². The van der Waals surface area contributed by atoms with Crippen LogP contribution in [0.5, 0.6) is 0 Å². The number of nitrogens with one attached hydrogen (secondary N) is 1. The summed E-state index contributed by atoms with van der Waals surface area (Å²) < 4.78 is 0. The topological polar surface area (TPSA) is 32.3 Å². The van der Waals surface area contributed by atoms with E-state index in [1.807, 2.05) is 11.9 Å². The zero-order valence-electron chi connectivity index (χ0n) is 8.68. The van der Waals surface area contributed by atoms with Gasteiger partial charge in [-0.3, -0.25) is 4.79 Å². The van der Waals surface area contributed by atoms with E-state index >= 15 is 0 Å². The van der Waals surface area contributed by atoms with Crippen LogP contribution in [0, 0.1) is 0 Å². The highest BCUT2D eigenvalue weighted by molar-refractivity contribution is 5.81. The summed E-state index contributed by atoms with van der Waals surface area (Å²) in [6, 6.07) is 0.0882. The molecule has 0 aliphatic carbocycles. The van der Waals surface area contributed by atoms with Crippen LogP contribution in [-0.2, 0) is 4.79 Å². The van der Waals surface area contributed by atoms with Crippen LogP contribution in [-0.4, -0.2) is 37.0 Å². The number of nitrogens with zero attached hydrogens (tertiary/aromatic N) is 1. The van der Waals surface area contributed by atoms with Crippen LogP contribution in [0.2, 0.25) is 0 Å². The number of rotatable bonds is 3. The molecule has 1 aliphatic heterocycles. The molecule has 0 spiro atoms.